The molecule has 0 bridgehead atoms. The zero-order valence-electron chi connectivity index (χ0n) is 14.2. The summed E-state index contributed by atoms with van der Waals surface area (Å²) < 4.78 is 19.1. The summed E-state index contributed by atoms with van der Waals surface area (Å²) >= 11 is 5.93. The molecule has 1 aliphatic carbocycles. The maximum Gasteiger partial charge on any atom is 0.317 e. The van der Waals surface area contributed by atoms with E-state index in [0.29, 0.717) is 24.7 Å². The van der Waals surface area contributed by atoms with Crippen LogP contribution in [-0.4, -0.2) is 36.7 Å². The average Bonchev–Trinajstić information content (AvgIpc) is 3.41. The smallest absolute Gasteiger partial charge is 0.317 e. The molecule has 1 aliphatic heterocycles. The van der Waals surface area contributed by atoms with Crippen LogP contribution in [0.25, 0.3) is 0 Å². The first-order valence-electron chi connectivity index (χ1n) is 8.78. The van der Waals surface area contributed by atoms with E-state index in [2.05, 4.69) is 5.32 Å². The van der Waals surface area contributed by atoms with Crippen LogP contribution in [0.3, 0.4) is 0 Å². The van der Waals surface area contributed by atoms with Gasteiger partial charge in [0.2, 0.25) is 0 Å². The molecule has 2 aromatic rings. The fourth-order valence-corrected chi connectivity index (χ4v) is 3.55. The molecule has 1 heterocycles. The van der Waals surface area contributed by atoms with Crippen LogP contribution in [0.2, 0.25) is 5.02 Å². The molecule has 2 amide bonds. The maximum atomic E-state index is 13.3. The van der Waals surface area contributed by atoms with E-state index in [1.807, 2.05) is 30.3 Å². The summed E-state index contributed by atoms with van der Waals surface area (Å²) in [5.74, 6) is -0.0405. The summed E-state index contributed by atoms with van der Waals surface area (Å²) in [6, 6.07) is 14.1. The van der Waals surface area contributed by atoms with Gasteiger partial charge in [-0.15, -0.1) is 0 Å². The SMILES string of the molecule is O=C(N[C@@H]1C[C@@H]1c1cccc(F)c1)N1CCO[C@H](c2ccc(Cl)cc2)C1. The van der Waals surface area contributed by atoms with Crippen molar-refractivity contribution in [1.29, 1.82) is 0 Å². The van der Waals surface area contributed by atoms with Crippen molar-refractivity contribution in [3.8, 4) is 0 Å². The predicted molar refractivity (Wildman–Crippen MR) is 97.8 cm³/mol. The molecule has 4 rings (SSSR count). The highest BCUT2D eigenvalue weighted by molar-refractivity contribution is 6.30. The Hall–Kier alpha value is -2.11. The number of hydrogen-bond donors (Lipinski definition) is 1. The molecule has 0 spiro atoms. The second-order valence-corrected chi connectivity index (χ2v) is 7.25. The predicted octanol–water partition coefficient (Wildman–Crippen LogP) is 4.12. The fraction of sp³-hybridized carbons (Fsp3) is 0.350. The van der Waals surface area contributed by atoms with Crippen molar-refractivity contribution in [2.45, 2.75) is 24.5 Å². The molecule has 3 atom stereocenters. The Labute approximate surface area is 156 Å². The molecule has 2 aromatic carbocycles. The van der Waals surface area contributed by atoms with Gasteiger partial charge in [-0.25, -0.2) is 9.18 Å². The van der Waals surface area contributed by atoms with Crippen molar-refractivity contribution in [2.24, 2.45) is 0 Å². The van der Waals surface area contributed by atoms with Crippen molar-refractivity contribution < 1.29 is 13.9 Å². The molecule has 0 aromatic heterocycles. The molecule has 2 aliphatic rings. The molecule has 0 radical (unpaired) electrons. The number of carbonyl (C=O) groups is 1. The van der Waals surface area contributed by atoms with Gasteiger partial charge in [-0.05, 0) is 41.8 Å². The number of carbonyl (C=O) groups excluding carboxylic acids is 1. The first kappa shape index (κ1) is 17.3. The largest absolute Gasteiger partial charge is 0.370 e. The fourth-order valence-electron chi connectivity index (χ4n) is 3.42. The van der Waals surface area contributed by atoms with Gasteiger partial charge < -0.3 is 15.0 Å². The molecule has 1 saturated heterocycles. The standard InChI is InChI=1S/C20H20ClFN2O2/c21-15-6-4-13(5-7-15)19-12-24(8-9-26-19)20(25)23-18-11-17(18)14-2-1-3-16(22)10-14/h1-7,10,17-19H,8-9,11-12H2,(H,23,25)/t17-,18-,19+/m1/s1. The van der Waals surface area contributed by atoms with E-state index in [4.69, 9.17) is 16.3 Å². The number of hydrogen-bond acceptors (Lipinski definition) is 2. The van der Waals surface area contributed by atoms with E-state index >= 15 is 0 Å². The van der Waals surface area contributed by atoms with Gasteiger partial charge in [-0.2, -0.15) is 0 Å². The second kappa shape index (κ2) is 7.25. The van der Waals surface area contributed by atoms with Gasteiger partial charge >= 0.3 is 6.03 Å². The van der Waals surface area contributed by atoms with Gasteiger partial charge in [-0.1, -0.05) is 35.9 Å². The first-order chi connectivity index (χ1) is 12.6. The first-order valence-corrected chi connectivity index (χ1v) is 9.16. The van der Waals surface area contributed by atoms with Crippen LogP contribution in [0, 0.1) is 5.82 Å². The topological polar surface area (TPSA) is 41.6 Å². The van der Waals surface area contributed by atoms with Crippen LogP contribution in [0.15, 0.2) is 48.5 Å². The lowest BCUT2D eigenvalue weighted by atomic mass is 10.1. The number of halogens is 2. The minimum Gasteiger partial charge on any atom is -0.370 e. The van der Waals surface area contributed by atoms with Crippen LogP contribution in [-0.2, 0) is 4.74 Å². The highest BCUT2D eigenvalue weighted by atomic mass is 35.5. The van der Waals surface area contributed by atoms with Crippen LogP contribution in [0.5, 0.6) is 0 Å². The van der Waals surface area contributed by atoms with Crippen molar-refractivity contribution in [3.63, 3.8) is 0 Å². The second-order valence-electron chi connectivity index (χ2n) is 6.81. The van der Waals surface area contributed by atoms with Crippen molar-refractivity contribution in [3.05, 3.63) is 70.5 Å². The third-order valence-electron chi connectivity index (χ3n) is 4.97. The van der Waals surface area contributed by atoms with Gasteiger partial charge in [-0.3, -0.25) is 0 Å². The van der Waals surface area contributed by atoms with Gasteiger partial charge in [0.15, 0.2) is 0 Å². The Kier molecular flexibility index (Phi) is 4.83. The zero-order chi connectivity index (χ0) is 18.1. The van der Waals surface area contributed by atoms with Gasteiger partial charge in [0, 0.05) is 23.5 Å². The highest BCUT2D eigenvalue weighted by Gasteiger charge is 2.40. The summed E-state index contributed by atoms with van der Waals surface area (Å²) in [5, 5.41) is 3.74. The Morgan fingerprint density at radius 3 is 2.77 bits per heavy atom. The third kappa shape index (κ3) is 3.84. The van der Waals surface area contributed by atoms with Crippen LogP contribution in [0.4, 0.5) is 9.18 Å². The molecule has 1 N–H and O–H groups in total. The van der Waals surface area contributed by atoms with Crippen molar-refractivity contribution in [1.82, 2.24) is 10.2 Å². The summed E-state index contributed by atoms with van der Waals surface area (Å²) in [7, 11) is 0. The van der Waals surface area contributed by atoms with E-state index in [9.17, 15) is 9.18 Å². The number of urea groups is 1. The Balaban J connectivity index is 1.34. The van der Waals surface area contributed by atoms with Gasteiger partial charge in [0.1, 0.15) is 11.9 Å². The number of morpholine rings is 1. The Bertz CT molecular complexity index is 799. The summed E-state index contributed by atoms with van der Waals surface area (Å²) in [5.41, 5.74) is 1.95. The third-order valence-corrected chi connectivity index (χ3v) is 5.22. The molecule has 136 valence electrons. The number of amides is 2. The van der Waals surface area contributed by atoms with E-state index in [1.54, 1.807) is 17.0 Å². The summed E-state index contributed by atoms with van der Waals surface area (Å²) in [4.78, 5) is 14.4. The van der Waals surface area contributed by atoms with Gasteiger partial charge in [0.25, 0.3) is 0 Å². The van der Waals surface area contributed by atoms with Crippen molar-refractivity contribution >= 4 is 17.6 Å². The highest BCUT2D eigenvalue weighted by Crippen LogP contribution is 2.41. The summed E-state index contributed by atoms with van der Waals surface area (Å²) in [6.07, 6.45) is 0.699. The number of nitrogens with zero attached hydrogens (tertiary/aromatic N) is 1. The minimum absolute atomic E-state index is 0.0705. The number of nitrogens with one attached hydrogen (secondary N) is 1. The van der Waals surface area contributed by atoms with Crippen LogP contribution < -0.4 is 5.32 Å². The van der Waals surface area contributed by atoms with Crippen LogP contribution >= 0.6 is 11.6 Å². The van der Waals surface area contributed by atoms with Crippen molar-refractivity contribution in [2.75, 3.05) is 19.7 Å². The zero-order valence-corrected chi connectivity index (χ0v) is 15.0. The lowest BCUT2D eigenvalue weighted by Gasteiger charge is -2.33. The van der Waals surface area contributed by atoms with E-state index in [0.717, 1.165) is 17.5 Å². The molecular weight excluding hydrogens is 355 g/mol. The van der Waals surface area contributed by atoms with E-state index in [-0.39, 0.29) is 29.9 Å². The molecule has 6 heteroatoms. The van der Waals surface area contributed by atoms with E-state index in [1.165, 1.54) is 6.07 Å². The van der Waals surface area contributed by atoms with Crippen LogP contribution in [0.1, 0.15) is 29.6 Å². The Morgan fingerprint density at radius 1 is 1.19 bits per heavy atom. The molecule has 1 saturated carbocycles. The normalized spacial score (nSPS) is 25.0. The van der Waals surface area contributed by atoms with E-state index < -0.39 is 0 Å². The molecule has 4 nitrogen and oxygen atoms in total. The average molecular weight is 375 g/mol. The van der Waals surface area contributed by atoms with Gasteiger partial charge in [0.05, 0.1) is 13.2 Å². The monoisotopic (exact) mass is 374 g/mol. The Morgan fingerprint density at radius 2 is 2.00 bits per heavy atom. The molecule has 0 unspecified atom stereocenters. The molecule has 26 heavy (non-hydrogen) atoms. The number of benzene rings is 2. The molecule has 2 fully saturated rings. The number of ether oxygens (including phenoxy) is 1. The maximum absolute atomic E-state index is 13.3. The quantitative estimate of drug-likeness (QED) is 0.878. The number of rotatable bonds is 3. The lowest BCUT2D eigenvalue weighted by Crippen LogP contribution is -2.47. The lowest BCUT2D eigenvalue weighted by molar-refractivity contribution is -0.0154. The summed E-state index contributed by atoms with van der Waals surface area (Å²) in [6.45, 7) is 1.57. The minimum atomic E-state index is -0.238. The molecular formula is C20H20ClFN2O2.